The third-order valence-corrected chi connectivity index (χ3v) is 4.19. The molecule has 1 aliphatic heterocycles. The molecule has 0 amide bonds. The molecule has 1 heterocycles. The van der Waals surface area contributed by atoms with E-state index in [1.807, 2.05) is 0 Å². The summed E-state index contributed by atoms with van der Waals surface area (Å²) < 4.78 is 0. The second kappa shape index (κ2) is 5.06. The SMILES string of the molecule is CN1/C(=C\C(=S)CC(C)(C)C)Sc2ccccc21. The number of thiocarbonyl (C=S) groups is 1. The minimum atomic E-state index is 0.253. The quantitative estimate of drug-likeness (QED) is 0.560. The largest absolute Gasteiger partial charge is 0.338 e. The molecule has 0 N–H and O–H groups in total. The van der Waals surface area contributed by atoms with Crippen LogP contribution < -0.4 is 4.90 Å². The van der Waals surface area contributed by atoms with Crippen molar-refractivity contribution in [3.05, 3.63) is 35.4 Å². The molecule has 0 radical (unpaired) electrons. The first kappa shape index (κ1) is 13.6. The van der Waals surface area contributed by atoms with Gasteiger partial charge in [0.1, 0.15) is 0 Å². The van der Waals surface area contributed by atoms with Crippen LogP contribution in [-0.4, -0.2) is 11.9 Å². The first-order chi connectivity index (χ1) is 8.37. The van der Waals surface area contributed by atoms with Crippen molar-refractivity contribution in [3.8, 4) is 0 Å². The molecule has 0 atom stereocenters. The van der Waals surface area contributed by atoms with Crippen LogP contribution in [0, 0.1) is 5.41 Å². The fourth-order valence-corrected chi connectivity index (χ4v) is 3.70. The zero-order valence-corrected chi connectivity index (χ0v) is 13.0. The predicted octanol–water partition coefficient (Wildman–Crippen LogP) is 4.88. The standard InChI is InChI=1S/C15H19NS2/c1-15(2,3)10-11(17)9-14-16(4)12-7-5-6-8-13(12)18-14/h5-9H,10H2,1-4H3/b14-9+. The molecule has 0 fully saturated rings. The van der Waals surface area contributed by atoms with E-state index in [0.717, 1.165) is 11.3 Å². The van der Waals surface area contributed by atoms with Crippen LogP contribution in [0.2, 0.25) is 0 Å². The fraction of sp³-hybridized carbons (Fsp3) is 0.400. The van der Waals surface area contributed by atoms with E-state index in [0.29, 0.717) is 0 Å². The molecule has 1 aromatic carbocycles. The van der Waals surface area contributed by atoms with Crippen molar-refractivity contribution >= 4 is 34.5 Å². The van der Waals surface area contributed by atoms with E-state index in [1.54, 1.807) is 11.8 Å². The maximum atomic E-state index is 5.49. The summed E-state index contributed by atoms with van der Waals surface area (Å²) >= 11 is 7.28. The zero-order chi connectivity index (χ0) is 13.3. The van der Waals surface area contributed by atoms with Crippen molar-refractivity contribution < 1.29 is 0 Å². The molecular weight excluding hydrogens is 258 g/mol. The Balaban J connectivity index is 2.16. The number of rotatable bonds is 2. The van der Waals surface area contributed by atoms with Crippen molar-refractivity contribution in [2.45, 2.75) is 32.1 Å². The summed E-state index contributed by atoms with van der Waals surface area (Å²) in [6.07, 6.45) is 3.10. The van der Waals surface area contributed by atoms with E-state index in [2.05, 4.69) is 63.1 Å². The van der Waals surface area contributed by atoms with Gasteiger partial charge >= 0.3 is 0 Å². The Bertz CT molecular complexity index is 497. The van der Waals surface area contributed by atoms with Gasteiger partial charge in [0.2, 0.25) is 0 Å². The number of para-hydroxylation sites is 1. The average molecular weight is 277 g/mol. The molecule has 0 spiro atoms. The molecule has 1 nitrogen and oxygen atoms in total. The lowest BCUT2D eigenvalue weighted by Gasteiger charge is -2.18. The summed E-state index contributed by atoms with van der Waals surface area (Å²) in [6.45, 7) is 6.66. The summed E-state index contributed by atoms with van der Waals surface area (Å²) in [4.78, 5) is 4.56. The van der Waals surface area contributed by atoms with Crippen LogP contribution in [0.4, 0.5) is 5.69 Å². The Morgan fingerprint density at radius 2 is 2.00 bits per heavy atom. The lowest BCUT2D eigenvalue weighted by atomic mass is 9.90. The lowest BCUT2D eigenvalue weighted by molar-refractivity contribution is 0.436. The van der Waals surface area contributed by atoms with E-state index in [-0.39, 0.29) is 5.41 Å². The summed E-state index contributed by atoms with van der Waals surface area (Å²) in [5, 5.41) is 1.23. The fourth-order valence-electron chi connectivity index (χ4n) is 1.96. The van der Waals surface area contributed by atoms with Gasteiger partial charge in [-0.2, -0.15) is 0 Å². The Labute approximate surface area is 119 Å². The molecule has 2 rings (SSSR count). The number of hydrogen-bond donors (Lipinski definition) is 0. The minimum Gasteiger partial charge on any atom is -0.338 e. The highest BCUT2D eigenvalue weighted by molar-refractivity contribution is 8.03. The van der Waals surface area contributed by atoms with Crippen molar-refractivity contribution in [2.75, 3.05) is 11.9 Å². The number of fused-ring (bicyclic) bond motifs is 1. The second-order valence-electron chi connectivity index (χ2n) is 5.82. The predicted molar refractivity (Wildman–Crippen MR) is 85.5 cm³/mol. The summed E-state index contributed by atoms with van der Waals surface area (Å²) in [5.41, 5.74) is 1.52. The van der Waals surface area contributed by atoms with Crippen LogP contribution in [0.1, 0.15) is 27.2 Å². The highest BCUT2D eigenvalue weighted by Crippen LogP contribution is 2.44. The van der Waals surface area contributed by atoms with Crippen LogP contribution in [-0.2, 0) is 0 Å². The van der Waals surface area contributed by atoms with Crippen LogP contribution in [0.3, 0.4) is 0 Å². The molecule has 0 unspecified atom stereocenters. The average Bonchev–Trinajstić information content (AvgIpc) is 2.54. The molecule has 0 saturated heterocycles. The monoisotopic (exact) mass is 277 g/mol. The van der Waals surface area contributed by atoms with Crippen LogP contribution in [0.5, 0.6) is 0 Å². The van der Waals surface area contributed by atoms with E-state index < -0.39 is 0 Å². The molecule has 0 aromatic heterocycles. The number of benzene rings is 1. The van der Waals surface area contributed by atoms with Crippen LogP contribution in [0.15, 0.2) is 40.3 Å². The van der Waals surface area contributed by atoms with Crippen molar-refractivity contribution in [2.24, 2.45) is 5.41 Å². The van der Waals surface area contributed by atoms with Crippen LogP contribution in [0.25, 0.3) is 0 Å². The smallest absolute Gasteiger partial charge is 0.0810 e. The number of thioether (sulfide) groups is 1. The van der Waals surface area contributed by atoms with Crippen molar-refractivity contribution in [1.29, 1.82) is 0 Å². The molecule has 0 saturated carbocycles. The summed E-state index contributed by atoms with van der Waals surface area (Å²) in [7, 11) is 2.10. The number of hydrogen-bond acceptors (Lipinski definition) is 3. The number of anilines is 1. The Hall–Kier alpha value is -0.800. The minimum absolute atomic E-state index is 0.253. The molecule has 3 heteroatoms. The van der Waals surface area contributed by atoms with E-state index in [9.17, 15) is 0 Å². The van der Waals surface area contributed by atoms with E-state index >= 15 is 0 Å². The highest BCUT2D eigenvalue weighted by atomic mass is 32.2. The molecule has 1 aromatic rings. The maximum Gasteiger partial charge on any atom is 0.0810 e. The van der Waals surface area contributed by atoms with Crippen molar-refractivity contribution in [3.63, 3.8) is 0 Å². The van der Waals surface area contributed by atoms with Gasteiger partial charge in [0.25, 0.3) is 0 Å². The van der Waals surface area contributed by atoms with Crippen molar-refractivity contribution in [1.82, 2.24) is 0 Å². The Morgan fingerprint density at radius 1 is 1.33 bits per heavy atom. The van der Waals surface area contributed by atoms with Gasteiger partial charge in [-0.25, -0.2) is 0 Å². The Kier molecular flexibility index (Phi) is 3.83. The van der Waals surface area contributed by atoms with E-state index in [4.69, 9.17) is 12.2 Å². The van der Waals surface area contributed by atoms with Gasteiger partial charge in [0.05, 0.1) is 10.7 Å². The van der Waals surface area contributed by atoms with Crippen LogP contribution >= 0.6 is 24.0 Å². The van der Waals surface area contributed by atoms with Gasteiger partial charge < -0.3 is 4.90 Å². The molecule has 1 aliphatic rings. The second-order valence-corrected chi connectivity index (χ2v) is 7.40. The molecule has 0 aliphatic carbocycles. The molecule has 0 bridgehead atoms. The van der Waals surface area contributed by atoms with Gasteiger partial charge in [-0.3, -0.25) is 0 Å². The molecule has 96 valence electrons. The van der Waals surface area contributed by atoms with E-state index in [1.165, 1.54) is 15.6 Å². The lowest BCUT2D eigenvalue weighted by Crippen LogP contribution is -2.13. The number of nitrogens with zero attached hydrogens (tertiary/aromatic N) is 1. The maximum absolute atomic E-state index is 5.49. The topological polar surface area (TPSA) is 3.24 Å². The highest BCUT2D eigenvalue weighted by Gasteiger charge is 2.22. The Morgan fingerprint density at radius 3 is 2.61 bits per heavy atom. The first-order valence-electron chi connectivity index (χ1n) is 6.12. The summed E-state index contributed by atoms with van der Waals surface area (Å²) in [5.74, 6) is 0. The van der Waals surface area contributed by atoms with Gasteiger partial charge in [-0.1, -0.05) is 56.9 Å². The normalized spacial score (nSPS) is 17.1. The van der Waals surface area contributed by atoms with Gasteiger partial charge in [0, 0.05) is 16.8 Å². The third-order valence-electron chi connectivity index (χ3n) is 2.76. The molecule has 18 heavy (non-hydrogen) atoms. The van der Waals surface area contributed by atoms with Gasteiger partial charge in [0.15, 0.2) is 0 Å². The third kappa shape index (κ3) is 3.15. The van der Waals surface area contributed by atoms with Gasteiger partial charge in [-0.15, -0.1) is 0 Å². The molecular formula is C15H19NS2. The first-order valence-corrected chi connectivity index (χ1v) is 7.34. The summed E-state index contributed by atoms with van der Waals surface area (Å²) in [6, 6.07) is 8.46. The zero-order valence-electron chi connectivity index (χ0n) is 11.4. The van der Waals surface area contributed by atoms with Gasteiger partial charge in [-0.05, 0) is 30.0 Å². The number of allylic oxidation sites excluding steroid dienone is 1.